The number of urea groups is 1. The molecule has 0 fully saturated rings. The molecule has 12 heteroatoms. The van der Waals surface area contributed by atoms with Gasteiger partial charge >= 0.3 is 6.03 Å². The third-order valence-electron chi connectivity index (χ3n) is 5.48. The van der Waals surface area contributed by atoms with E-state index in [-0.39, 0.29) is 31.1 Å². The van der Waals surface area contributed by atoms with Crippen LogP contribution in [0.3, 0.4) is 0 Å². The Morgan fingerprint density at radius 3 is 2.91 bits per heavy atom. The van der Waals surface area contributed by atoms with E-state index in [1.54, 1.807) is 10.8 Å². The minimum absolute atomic E-state index is 0.152. The lowest BCUT2D eigenvalue weighted by Crippen LogP contribution is -2.40. The average Bonchev–Trinajstić information content (AvgIpc) is 3.09. The molecule has 2 aliphatic rings. The Labute approximate surface area is 188 Å². The Balaban J connectivity index is 1.54. The quantitative estimate of drug-likeness (QED) is 0.710. The molecule has 0 unspecified atom stereocenters. The molecule has 33 heavy (non-hydrogen) atoms. The van der Waals surface area contributed by atoms with Gasteiger partial charge in [0.2, 0.25) is 5.91 Å². The zero-order chi connectivity index (χ0) is 23.7. The lowest BCUT2D eigenvalue weighted by Gasteiger charge is -2.27. The van der Waals surface area contributed by atoms with Crippen LogP contribution in [0.25, 0.3) is 0 Å². The van der Waals surface area contributed by atoms with Crippen LogP contribution in [-0.4, -0.2) is 63.8 Å². The number of benzene rings is 1. The van der Waals surface area contributed by atoms with Crippen molar-refractivity contribution in [1.82, 2.24) is 25.1 Å². The van der Waals surface area contributed by atoms with E-state index >= 15 is 0 Å². The Morgan fingerprint density at radius 2 is 2.18 bits per heavy atom. The lowest BCUT2D eigenvalue weighted by atomic mass is 10.1. The number of nitrogens with one attached hydrogen (secondary N) is 2. The molecule has 0 aliphatic carbocycles. The van der Waals surface area contributed by atoms with Gasteiger partial charge in [-0.05, 0) is 18.2 Å². The predicted molar refractivity (Wildman–Crippen MR) is 112 cm³/mol. The van der Waals surface area contributed by atoms with Crippen molar-refractivity contribution in [3.8, 4) is 6.07 Å². The number of fused-ring (bicyclic) bond motifs is 3. The number of carbonyl (C=O) groups excluding carboxylic acids is 3. The van der Waals surface area contributed by atoms with E-state index in [0.717, 1.165) is 16.8 Å². The summed E-state index contributed by atoms with van der Waals surface area (Å²) < 4.78 is 15.1. The van der Waals surface area contributed by atoms with Crippen molar-refractivity contribution in [2.45, 2.75) is 32.5 Å². The molecular formula is C21H22FN7O4. The molecule has 0 saturated carbocycles. The van der Waals surface area contributed by atoms with E-state index < -0.39 is 23.9 Å². The number of nitrogens with zero attached hydrogens (tertiary/aromatic N) is 5. The van der Waals surface area contributed by atoms with Crippen LogP contribution in [0.4, 0.5) is 14.9 Å². The summed E-state index contributed by atoms with van der Waals surface area (Å²) in [5.41, 5.74) is 1.82. The second-order valence-electron chi connectivity index (χ2n) is 7.83. The van der Waals surface area contributed by atoms with Crippen LogP contribution >= 0.6 is 0 Å². The molecule has 2 aliphatic heterocycles. The van der Waals surface area contributed by atoms with Gasteiger partial charge < -0.3 is 15.5 Å². The Hall–Kier alpha value is -3.98. The molecule has 0 bridgehead atoms. The monoisotopic (exact) mass is 455 g/mol. The number of amides is 4. The highest BCUT2D eigenvalue weighted by Crippen LogP contribution is 2.26. The van der Waals surface area contributed by atoms with Crippen LogP contribution < -0.4 is 10.6 Å². The first kappa shape index (κ1) is 22.2. The summed E-state index contributed by atoms with van der Waals surface area (Å²) in [6.45, 7) is 2.40. The standard InChI is InChI=1S/C21H22FN7O4/c1-12(30)24-9-15-10-29-19(20(31)27(2)33-15)16-11-28(6-5-18(16)26-29)21(32)25-14-3-4-17(22)13(7-14)8-23/h3-4,7,15H,5-6,9-11H2,1-2H3,(H,24,30)(H,25,32)/t15-/m0/s1. The van der Waals surface area contributed by atoms with Crippen molar-refractivity contribution in [1.29, 1.82) is 5.26 Å². The van der Waals surface area contributed by atoms with Crippen LogP contribution in [0.2, 0.25) is 0 Å². The molecule has 4 amide bonds. The van der Waals surface area contributed by atoms with Crippen LogP contribution in [0.5, 0.6) is 0 Å². The first-order chi connectivity index (χ1) is 15.8. The maximum atomic E-state index is 13.5. The average molecular weight is 455 g/mol. The summed E-state index contributed by atoms with van der Waals surface area (Å²) in [6.07, 6.45) is -0.0400. The third kappa shape index (κ3) is 4.49. The number of halogens is 1. The fourth-order valence-corrected chi connectivity index (χ4v) is 3.87. The maximum Gasteiger partial charge on any atom is 0.322 e. The third-order valence-corrected chi connectivity index (χ3v) is 5.48. The second-order valence-corrected chi connectivity index (χ2v) is 7.83. The zero-order valence-electron chi connectivity index (χ0n) is 18.1. The first-order valence-corrected chi connectivity index (χ1v) is 10.3. The van der Waals surface area contributed by atoms with Crippen LogP contribution in [0.1, 0.15) is 34.2 Å². The van der Waals surface area contributed by atoms with Crippen molar-refractivity contribution < 1.29 is 23.6 Å². The molecule has 3 heterocycles. The highest BCUT2D eigenvalue weighted by atomic mass is 19.1. The minimum Gasteiger partial charge on any atom is -0.354 e. The fourth-order valence-electron chi connectivity index (χ4n) is 3.87. The summed E-state index contributed by atoms with van der Waals surface area (Å²) in [6, 6.07) is 5.05. The molecular weight excluding hydrogens is 433 g/mol. The van der Waals surface area contributed by atoms with Gasteiger partial charge in [0.25, 0.3) is 5.91 Å². The number of rotatable bonds is 3. The van der Waals surface area contributed by atoms with E-state index in [1.165, 1.54) is 31.0 Å². The molecule has 172 valence electrons. The molecule has 1 aromatic carbocycles. The van der Waals surface area contributed by atoms with Gasteiger partial charge in [-0.1, -0.05) is 0 Å². The van der Waals surface area contributed by atoms with Gasteiger partial charge in [-0.3, -0.25) is 19.1 Å². The van der Waals surface area contributed by atoms with Crippen molar-refractivity contribution in [3.63, 3.8) is 0 Å². The first-order valence-electron chi connectivity index (χ1n) is 10.3. The van der Waals surface area contributed by atoms with Crippen LogP contribution in [0, 0.1) is 17.1 Å². The van der Waals surface area contributed by atoms with Crippen molar-refractivity contribution in [2.24, 2.45) is 0 Å². The Kier molecular flexibility index (Phi) is 5.97. The molecule has 0 spiro atoms. The number of aromatic nitrogens is 2. The molecule has 2 aromatic rings. The normalized spacial score (nSPS) is 17.5. The van der Waals surface area contributed by atoms with Gasteiger partial charge in [-0.15, -0.1) is 0 Å². The van der Waals surface area contributed by atoms with Gasteiger partial charge in [-0.25, -0.2) is 14.2 Å². The zero-order valence-corrected chi connectivity index (χ0v) is 18.1. The topological polar surface area (TPSA) is 133 Å². The molecule has 4 rings (SSSR count). The van der Waals surface area contributed by atoms with Crippen molar-refractivity contribution in [3.05, 3.63) is 46.5 Å². The lowest BCUT2D eigenvalue weighted by molar-refractivity contribution is -0.148. The summed E-state index contributed by atoms with van der Waals surface area (Å²) >= 11 is 0. The van der Waals surface area contributed by atoms with Crippen LogP contribution in [0.15, 0.2) is 18.2 Å². The van der Waals surface area contributed by atoms with E-state index in [9.17, 15) is 18.8 Å². The van der Waals surface area contributed by atoms with Gasteiger partial charge in [0.15, 0.2) is 0 Å². The number of carbonyl (C=O) groups is 3. The molecule has 2 N–H and O–H groups in total. The number of nitriles is 1. The molecule has 0 saturated heterocycles. The van der Waals surface area contributed by atoms with Crippen molar-refractivity contribution >= 4 is 23.5 Å². The van der Waals surface area contributed by atoms with Gasteiger partial charge in [0.1, 0.15) is 23.7 Å². The largest absolute Gasteiger partial charge is 0.354 e. The highest BCUT2D eigenvalue weighted by molar-refractivity contribution is 5.94. The van der Waals surface area contributed by atoms with Crippen molar-refractivity contribution in [2.75, 3.05) is 25.5 Å². The van der Waals surface area contributed by atoms with Gasteiger partial charge in [-0.2, -0.15) is 10.4 Å². The highest BCUT2D eigenvalue weighted by Gasteiger charge is 2.35. The molecule has 11 nitrogen and oxygen atoms in total. The predicted octanol–water partition coefficient (Wildman–Crippen LogP) is 1.01. The van der Waals surface area contributed by atoms with Gasteiger partial charge in [0.05, 0.1) is 24.3 Å². The van der Waals surface area contributed by atoms with Crippen LogP contribution in [-0.2, 0) is 29.1 Å². The summed E-state index contributed by atoms with van der Waals surface area (Å²) in [5, 5.41) is 20.0. The summed E-state index contributed by atoms with van der Waals surface area (Å²) in [5.74, 6) is -1.27. The van der Waals surface area contributed by atoms with Gasteiger partial charge in [0, 0.05) is 44.7 Å². The maximum absolute atomic E-state index is 13.5. The van der Waals surface area contributed by atoms with E-state index in [4.69, 9.17) is 10.1 Å². The smallest absolute Gasteiger partial charge is 0.322 e. The molecule has 0 radical (unpaired) electrons. The SMILES string of the molecule is CC(=O)NC[C@H]1Cn2nc3c(c2C(=O)N(C)O1)CN(C(=O)Nc1ccc(F)c(C#N)c1)CC3. The molecule has 1 atom stereocenters. The molecule has 1 aromatic heterocycles. The number of hydroxylamine groups is 2. The number of anilines is 1. The Bertz CT molecular complexity index is 1170. The fraction of sp³-hybridized carbons (Fsp3) is 0.381. The van der Waals surface area contributed by atoms with E-state index in [1.807, 2.05) is 0 Å². The van der Waals surface area contributed by atoms with E-state index in [0.29, 0.717) is 29.9 Å². The minimum atomic E-state index is -0.664. The van der Waals surface area contributed by atoms with E-state index in [2.05, 4.69) is 15.7 Å². The number of hydrogen-bond acceptors (Lipinski definition) is 6. The summed E-state index contributed by atoms with van der Waals surface area (Å²) in [4.78, 5) is 44.2. The summed E-state index contributed by atoms with van der Waals surface area (Å²) in [7, 11) is 1.49. The second kappa shape index (κ2) is 8.87. The number of hydrogen-bond donors (Lipinski definition) is 2. The Morgan fingerprint density at radius 1 is 1.39 bits per heavy atom.